The molecule has 2 aromatic rings. The number of nitrogens with one attached hydrogen (secondary N) is 1. The van der Waals surface area contributed by atoms with E-state index in [1.807, 2.05) is 6.92 Å². The summed E-state index contributed by atoms with van der Waals surface area (Å²) in [6.45, 7) is 1.89. The quantitative estimate of drug-likeness (QED) is 0.643. The average molecular weight is 360 g/mol. The number of para-hydroxylation sites is 2. The number of anilines is 1. The number of hydrogen-bond donors (Lipinski definition) is 2. The third kappa shape index (κ3) is 3.59. The first kappa shape index (κ1) is 16.9. The number of esters is 2. The van der Waals surface area contributed by atoms with Crippen molar-refractivity contribution < 1.29 is 24.2 Å². The Bertz CT molecular complexity index is 860. The van der Waals surface area contributed by atoms with E-state index in [0.29, 0.717) is 11.3 Å². The third-order valence-corrected chi connectivity index (χ3v) is 3.90. The fourth-order valence-corrected chi connectivity index (χ4v) is 2.38. The highest BCUT2D eigenvalue weighted by molar-refractivity contribution is 6.42. The summed E-state index contributed by atoms with van der Waals surface area (Å²) in [5, 5.41) is 12.4. The Morgan fingerprint density at radius 2 is 1.88 bits per heavy atom. The Balaban J connectivity index is 1.80. The van der Waals surface area contributed by atoms with Crippen molar-refractivity contribution in [3.05, 3.63) is 70.4 Å². The maximum atomic E-state index is 12.2. The van der Waals surface area contributed by atoms with Gasteiger partial charge in [0.2, 0.25) is 0 Å². The maximum absolute atomic E-state index is 12.2. The first-order chi connectivity index (χ1) is 12.0. The molecule has 25 heavy (non-hydrogen) atoms. The van der Waals surface area contributed by atoms with Crippen LogP contribution < -0.4 is 5.32 Å². The van der Waals surface area contributed by atoms with Gasteiger partial charge in [0, 0.05) is 0 Å². The van der Waals surface area contributed by atoms with Gasteiger partial charge in [0.1, 0.15) is 11.4 Å². The van der Waals surface area contributed by atoms with Gasteiger partial charge >= 0.3 is 11.9 Å². The van der Waals surface area contributed by atoms with Gasteiger partial charge in [-0.05, 0) is 31.2 Å². The molecule has 0 bridgehead atoms. The summed E-state index contributed by atoms with van der Waals surface area (Å²) in [6, 6.07) is 13.1. The van der Waals surface area contributed by atoms with Crippen LogP contribution in [0.3, 0.4) is 0 Å². The minimum absolute atomic E-state index is 0.0497. The lowest BCUT2D eigenvalue weighted by Crippen LogP contribution is -2.24. The number of aryl methyl sites for hydroxylation is 1. The van der Waals surface area contributed by atoms with Crippen molar-refractivity contribution in [2.75, 3.05) is 5.32 Å². The smallest absolute Gasteiger partial charge is 0.355 e. The minimum Gasteiger partial charge on any atom is -0.506 e. The first-order valence-corrected chi connectivity index (χ1v) is 7.77. The molecule has 1 aliphatic rings. The van der Waals surface area contributed by atoms with E-state index in [-0.39, 0.29) is 16.5 Å². The summed E-state index contributed by atoms with van der Waals surface area (Å²) < 4.78 is 10.2. The standard InChI is InChI=1S/C18H14ClNO5/c1-10-6-8-11(9-7-10)16(22)24-18-15(14(19)17(23)25-18)20-12-4-2-3-5-13(12)21/h2-9,18,20-21H,1H3/t18-/m1/s1. The van der Waals surface area contributed by atoms with Crippen molar-refractivity contribution in [2.45, 2.75) is 13.2 Å². The lowest BCUT2D eigenvalue weighted by molar-refractivity contribution is -0.152. The molecule has 2 N–H and O–H groups in total. The first-order valence-electron chi connectivity index (χ1n) is 7.39. The SMILES string of the molecule is Cc1ccc(C(=O)O[C@@H]2OC(=O)C(Cl)=C2Nc2ccccc2O)cc1. The Hall–Kier alpha value is -2.99. The highest BCUT2D eigenvalue weighted by Gasteiger charge is 2.37. The summed E-state index contributed by atoms with van der Waals surface area (Å²) in [6.07, 6.45) is -1.33. The van der Waals surface area contributed by atoms with Crippen LogP contribution in [-0.4, -0.2) is 23.3 Å². The number of aromatic hydroxyl groups is 1. The van der Waals surface area contributed by atoms with E-state index in [1.54, 1.807) is 42.5 Å². The zero-order chi connectivity index (χ0) is 18.0. The van der Waals surface area contributed by atoms with E-state index in [9.17, 15) is 14.7 Å². The monoisotopic (exact) mass is 359 g/mol. The number of benzene rings is 2. The summed E-state index contributed by atoms with van der Waals surface area (Å²) >= 11 is 5.95. The Morgan fingerprint density at radius 1 is 1.20 bits per heavy atom. The molecule has 1 heterocycles. The highest BCUT2D eigenvalue weighted by atomic mass is 35.5. The molecule has 0 radical (unpaired) electrons. The predicted molar refractivity (Wildman–Crippen MR) is 91.1 cm³/mol. The van der Waals surface area contributed by atoms with E-state index in [4.69, 9.17) is 21.1 Å². The number of ether oxygens (including phenoxy) is 2. The lowest BCUT2D eigenvalue weighted by Gasteiger charge is -2.16. The molecule has 0 aromatic heterocycles. The fourth-order valence-electron chi connectivity index (χ4n) is 2.20. The van der Waals surface area contributed by atoms with Crippen LogP contribution in [0.25, 0.3) is 0 Å². The molecule has 0 amide bonds. The van der Waals surface area contributed by atoms with Gasteiger partial charge in [-0.2, -0.15) is 0 Å². The van der Waals surface area contributed by atoms with Crippen molar-refractivity contribution >= 4 is 29.2 Å². The lowest BCUT2D eigenvalue weighted by atomic mass is 10.1. The van der Waals surface area contributed by atoms with E-state index in [0.717, 1.165) is 5.56 Å². The molecule has 0 saturated carbocycles. The van der Waals surface area contributed by atoms with Gasteiger partial charge in [-0.1, -0.05) is 41.4 Å². The van der Waals surface area contributed by atoms with Crippen molar-refractivity contribution in [1.29, 1.82) is 0 Å². The van der Waals surface area contributed by atoms with Gasteiger partial charge in [-0.25, -0.2) is 9.59 Å². The van der Waals surface area contributed by atoms with Crippen LogP contribution in [0.1, 0.15) is 15.9 Å². The Labute approximate surface area is 148 Å². The molecule has 0 unspecified atom stereocenters. The van der Waals surface area contributed by atoms with Crippen LogP contribution in [0.15, 0.2) is 59.3 Å². The molecule has 7 heteroatoms. The topological polar surface area (TPSA) is 84.9 Å². The van der Waals surface area contributed by atoms with Crippen molar-refractivity contribution in [3.63, 3.8) is 0 Å². The molecule has 6 nitrogen and oxygen atoms in total. The van der Waals surface area contributed by atoms with Crippen molar-refractivity contribution in [2.24, 2.45) is 0 Å². The highest BCUT2D eigenvalue weighted by Crippen LogP contribution is 2.31. The molecular weight excluding hydrogens is 346 g/mol. The van der Waals surface area contributed by atoms with E-state index in [1.165, 1.54) is 6.07 Å². The van der Waals surface area contributed by atoms with Crippen LogP contribution in [-0.2, 0) is 14.3 Å². The van der Waals surface area contributed by atoms with Crippen LogP contribution in [0.4, 0.5) is 5.69 Å². The van der Waals surface area contributed by atoms with Gasteiger partial charge in [0.25, 0.3) is 6.29 Å². The summed E-state index contributed by atoms with van der Waals surface area (Å²) in [4.78, 5) is 24.0. The summed E-state index contributed by atoms with van der Waals surface area (Å²) in [5.74, 6) is -1.54. The second-order valence-corrected chi connectivity index (χ2v) is 5.76. The Kier molecular flexibility index (Phi) is 4.63. The van der Waals surface area contributed by atoms with Crippen molar-refractivity contribution in [3.8, 4) is 5.75 Å². The fraction of sp³-hybridized carbons (Fsp3) is 0.111. The largest absolute Gasteiger partial charge is 0.506 e. The third-order valence-electron chi connectivity index (χ3n) is 3.54. The summed E-state index contributed by atoms with van der Waals surface area (Å²) in [7, 11) is 0. The molecule has 0 saturated heterocycles. The minimum atomic E-state index is -1.33. The molecule has 1 aliphatic heterocycles. The van der Waals surface area contributed by atoms with Gasteiger partial charge in [-0.15, -0.1) is 0 Å². The van der Waals surface area contributed by atoms with Gasteiger partial charge < -0.3 is 19.9 Å². The normalized spacial score (nSPS) is 16.6. The molecule has 1 atom stereocenters. The zero-order valence-electron chi connectivity index (χ0n) is 13.2. The Morgan fingerprint density at radius 3 is 2.56 bits per heavy atom. The maximum Gasteiger partial charge on any atom is 0.355 e. The zero-order valence-corrected chi connectivity index (χ0v) is 13.9. The number of carbonyl (C=O) groups excluding carboxylic acids is 2. The molecule has 0 spiro atoms. The number of cyclic esters (lactones) is 1. The van der Waals surface area contributed by atoms with Crippen molar-refractivity contribution in [1.82, 2.24) is 0 Å². The number of carbonyl (C=O) groups is 2. The average Bonchev–Trinajstić information content (AvgIpc) is 2.85. The number of hydrogen-bond acceptors (Lipinski definition) is 6. The second kappa shape index (κ2) is 6.86. The molecule has 0 fully saturated rings. The number of halogens is 1. The van der Waals surface area contributed by atoms with Crippen LogP contribution in [0.2, 0.25) is 0 Å². The predicted octanol–water partition coefficient (Wildman–Crippen LogP) is 3.30. The van der Waals surface area contributed by atoms with Gasteiger partial charge in [-0.3, -0.25) is 0 Å². The number of phenols is 1. The molecular formula is C18H14ClNO5. The van der Waals surface area contributed by atoms with Crippen LogP contribution in [0.5, 0.6) is 5.75 Å². The van der Waals surface area contributed by atoms with E-state index >= 15 is 0 Å². The van der Waals surface area contributed by atoms with E-state index < -0.39 is 18.2 Å². The van der Waals surface area contributed by atoms with Gasteiger partial charge in [0.05, 0.1) is 11.3 Å². The van der Waals surface area contributed by atoms with E-state index in [2.05, 4.69) is 5.32 Å². The molecule has 0 aliphatic carbocycles. The molecule has 128 valence electrons. The summed E-state index contributed by atoms with van der Waals surface area (Å²) in [5.41, 5.74) is 1.65. The molecule has 3 rings (SSSR count). The van der Waals surface area contributed by atoms with Crippen LogP contribution in [0, 0.1) is 6.92 Å². The molecule has 2 aromatic carbocycles. The second-order valence-electron chi connectivity index (χ2n) is 5.38. The number of phenolic OH excluding ortho intramolecular Hbond substituents is 1. The van der Waals surface area contributed by atoms with Crippen LogP contribution >= 0.6 is 11.6 Å². The number of rotatable bonds is 4. The van der Waals surface area contributed by atoms with Gasteiger partial charge in [0.15, 0.2) is 5.03 Å².